The molecule has 0 spiro atoms. The van der Waals surface area contributed by atoms with Gasteiger partial charge in [-0.3, -0.25) is 15.0 Å². The Morgan fingerprint density at radius 2 is 1.91 bits per heavy atom. The third-order valence-electron chi connectivity index (χ3n) is 3.18. The van der Waals surface area contributed by atoms with Crippen LogP contribution in [-0.2, 0) is 9.59 Å². The molecular formula is C15H9IN2O4S. The summed E-state index contributed by atoms with van der Waals surface area (Å²) >= 11 is 3.30. The van der Waals surface area contributed by atoms with Crippen LogP contribution in [0.2, 0.25) is 0 Å². The molecule has 0 saturated carbocycles. The number of benzene rings is 1. The number of hydrazine groups is 1. The molecule has 0 unspecified atom stereocenters. The fraction of sp³-hybridized carbons (Fsp3) is 0. The lowest BCUT2D eigenvalue weighted by atomic mass is 10.1. The Labute approximate surface area is 148 Å². The minimum Gasteiger partial charge on any atom is -0.478 e. The second-order valence-electron chi connectivity index (χ2n) is 4.62. The predicted molar refractivity (Wildman–Crippen MR) is 94.0 cm³/mol. The quantitative estimate of drug-likeness (QED) is 0.437. The Balaban J connectivity index is 1.95. The van der Waals surface area contributed by atoms with Crippen LogP contribution < -0.4 is 10.4 Å². The number of carboxylic acid groups (broad SMARTS) is 1. The number of carbonyl (C=O) groups excluding carboxylic acids is 2. The van der Waals surface area contributed by atoms with Crippen molar-refractivity contribution in [3.8, 4) is 0 Å². The van der Waals surface area contributed by atoms with E-state index in [9.17, 15) is 14.4 Å². The summed E-state index contributed by atoms with van der Waals surface area (Å²) in [5.74, 6) is -2.17. The Morgan fingerprint density at radius 1 is 1.22 bits per heavy atom. The van der Waals surface area contributed by atoms with E-state index in [1.54, 1.807) is 17.5 Å². The summed E-state index contributed by atoms with van der Waals surface area (Å²) in [6.45, 7) is 0. The summed E-state index contributed by atoms with van der Waals surface area (Å²) in [6.07, 6.45) is 1.32. The maximum absolute atomic E-state index is 12.4. The molecule has 1 aromatic heterocycles. The fourth-order valence-corrected chi connectivity index (χ4v) is 3.25. The zero-order valence-electron chi connectivity index (χ0n) is 11.4. The third-order valence-corrected chi connectivity index (χ3v) is 4.76. The van der Waals surface area contributed by atoms with Crippen LogP contribution in [0.4, 0.5) is 5.69 Å². The molecular weight excluding hydrogens is 431 g/mol. The maximum atomic E-state index is 12.4. The topological polar surface area (TPSA) is 86.7 Å². The second kappa shape index (κ2) is 6.13. The number of rotatable bonds is 3. The molecule has 1 aliphatic heterocycles. The minimum atomic E-state index is -1.10. The van der Waals surface area contributed by atoms with E-state index in [0.29, 0.717) is 10.6 Å². The third kappa shape index (κ3) is 2.99. The summed E-state index contributed by atoms with van der Waals surface area (Å²) in [7, 11) is 0. The molecule has 2 N–H and O–H groups in total. The molecule has 0 bridgehead atoms. The number of nitrogens with zero attached hydrogens (tertiary/aromatic N) is 1. The lowest BCUT2D eigenvalue weighted by Gasteiger charge is -2.14. The molecule has 6 nitrogen and oxygen atoms in total. The number of amides is 2. The van der Waals surface area contributed by atoms with Crippen molar-refractivity contribution >= 4 is 63.5 Å². The summed E-state index contributed by atoms with van der Waals surface area (Å²) in [6, 6.07) is 8.51. The van der Waals surface area contributed by atoms with E-state index in [-0.39, 0.29) is 11.1 Å². The number of nitrogens with one attached hydrogen (secondary N) is 1. The number of hydrogen-bond acceptors (Lipinski definition) is 4. The number of anilines is 1. The van der Waals surface area contributed by atoms with Crippen LogP contribution in [0.15, 0.2) is 41.3 Å². The predicted octanol–water partition coefficient (Wildman–Crippen LogP) is 2.51. The first-order valence-corrected chi connectivity index (χ1v) is 8.36. The molecule has 0 atom stereocenters. The van der Waals surface area contributed by atoms with Gasteiger partial charge in [0.15, 0.2) is 0 Å². The van der Waals surface area contributed by atoms with Crippen LogP contribution in [0.5, 0.6) is 0 Å². The van der Waals surface area contributed by atoms with Gasteiger partial charge in [0.25, 0.3) is 11.8 Å². The normalized spacial score (nSPS) is 16.0. The van der Waals surface area contributed by atoms with E-state index < -0.39 is 17.8 Å². The maximum Gasteiger partial charge on any atom is 0.337 e. The van der Waals surface area contributed by atoms with Crippen molar-refractivity contribution in [1.82, 2.24) is 5.43 Å². The Kier molecular flexibility index (Phi) is 4.18. The number of thiophene rings is 1. The molecule has 1 fully saturated rings. The van der Waals surface area contributed by atoms with Crippen molar-refractivity contribution < 1.29 is 19.5 Å². The molecule has 2 aromatic rings. The molecule has 2 heterocycles. The van der Waals surface area contributed by atoms with Crippen molar-refractivity contribution in [3.05, 3.63) is 55.3 Å². The van der Waals surface area contributed by atoms with Crippen LogP contribution in [0, 0.1) is 3.57 Å². The van der Waals surface area contributed by atoms with Gasteiger partial charge in [0.2, 0.25) is 0 Å². The van der Waals surface area contributed by atoms with Crippen LogP contribution in [0.3, 0.4) is 0 Å². The van der Waals surface area contributed by atoms with Gasteiger partial charge in [-0.1, -0.05) is 0 Å². The average molecular weight is 440 g/mol. The number of carbonyl (C=O) groups is 3. The van der Waals surface area contributed by atoms with Gasteiger partial charge in [-0.25, -0.2) is 9.80 Å². The molecule has 8 heteroatoms. The summed E-state index contributed by atoms with van der Waals surface area (Å²) in [5, 5.41) is 11.8. The van der Waals surface area contributed by atoms with E-state index in [4.69, 9.17) is 5.11 Å². The van der Waals surface area contributed by atoms with E-state index in [0.717, 1.165) is 19.9 Å². The van der Waals surface area contributed by atoms with Crippen molar-refractivity contribution in [2.24, 2.45) is 0 Å². The van der Waals surface area contributed by atoms with Crippen LogP contribution in [-0.4, -0.2) is 22.9 Å². The molecule has 1 saturated heterocycles. The van der Waals surface area contributed by atoms with Gasteiger partial charge < -0.3 is 5.11 Å². The fourth-order valence-electron chi connectivity index (χ4n) is 2.07. The summed E-state index contributed by atoms with van der Waals surface area (Å²) in [5.41, 5.74) is 3.00. The Bertz CT molecular complexity index is 841. The Morgan fingerprint density at radius 3 is 2.57 bits per heavy atom. The molecule has 0 radical (unpaired) electrons. The number of hydrogen-bond donors (Lipinski definition) is 2. The lowest BCUT2D eigenvalue weighted by Crippen LogP contribution is -2.35. The van der Waals surface area contributed by atoms with Gasteiger partial charge in [0.05, 0.1) is 11.3 Å². The van der Waals surface area contributed by atoms with Crippen molar-refractivity contribution in [3.63, 3.8) is 0 Å². The van der Waals surface area contributed by atoms with Crippen LogP contribution in [0.25, 0.3) is 6.08 Å². The van der Waals surface area contributed by atoms with Gasteiger partial charge >= 0.3 is 5.97 Å². The summed E-state index contributed by atoms with van der Waals surface area (Å²) in [4.78, 5) is 36.0. The zero-order valence-corrected chi connectivity index (χ0v) is 14.4. The second-order valence-corrected chi connectivity index (χ2v) is 6.81. The van der Waals surface area contributed by atoms with Gasteiger partial charge in [0, 0.05) is 8.45 Å². The van der Waals surface area contributed by atoms with Gasteiger partial charge in [-0.2, -0.15) is 0 Å². The van der Waals surface area contributed by atoms with Crippen molar-refractivity contribution in [2.45, 2.75) is 0 Å². The van der Waals surface area contributed by atoms with Crippen LogP contribution in [0.1, 0.15) is 15.2 Å². The average Bonchev–Trinajstić information content (AvgIpc) is 3.08. The highest BCUT2D eigenvalue weighted by atomic mass is 127. The number of carboxylic acids is 1. The minimum absolute atomic E-state index is 0.0656. The van der Waals surface area contributed by atoms with Gasteiger partial charge in [0.1, 0.15) is 5.57 Å². The molecule has 1 aromatic carbocycles. The molecule has 3 rings (SSSR count). The smallest absolute Gasteiger partial charge is 0.337 e. The van der Waals surface area contributed by atoms with E-state index in [1.807, 2.05) is 12.1 Å². The van der Waals surface area contributed by atoms with Gasteiger partial charge in [-0.05, 0) is 64.4 Å². The van der Waals surface area contributed by atoms with E-state index in [1.165, 1.54) is 12.1 Å². The highest BCUT2D eigenvalue weighted by molar-refractivity contribution is 14.1. The van der Waals surface area contributed by atoms with E-state index in [2.05, 4.69) is 28.0 Å². The highest BCUT2D eigenvalue weighted by Gasteiger charge is 2.34. The highest BCUT2D eigenvalue weighted by Crippen LogP contribution is 2.25. The first-order chi connectivity index (χ1) is 11.0. The molecule has 23 heavy (non-hydrogen) atoms. The SMILES string of the molecule is O=C1NN(c2ccc(I)cc2)C(=O)/C1=C\c1sccc1C(=O)O. The number of halogens is 1. The zero-order chi connectivity index (χ0) is 16.6. The molecule has 116 valence electrons. The molecule has 2 amide bonds. The molecule has 1 aliphatic rings. The first kappa shape index (κ1) is 15.7. The van der Waals surface area contributed by atoms with Crippen molar-refractivity contribution in [1.29, 1.82) is 0 Å². The lowest BCUT2D eigenvalue weighted by molar-refractivity contribution is -0.117. The largest absolute Gasteiger partial charge is 0.478 e. The van der Waals surface area contributed by atoms with Gasteiger partial charge in [-0.15, -0.1) is 11.3 Å². The Hall–Kier alpha value is -2.20. The monoisotopic (exact) mass is 440 g/mol. The number of aromatic carboxylic acids is 1. The van der Waals surface area contributed by atoms with Crippen LogP contribution >= 0.6 is 33.9 Å². The first-order valence-electron chi connectivity index (χ1n) is 6.41. The van der Waals surface area contributed by atoms with E-state index >= 15 is 0 Å². The standard InChI is InChI=1S/C15H9IN2O4S/c16-8-1-3-9(4-2-8)18-14(20)11(13(19)17-18)7-12-10(15(21)22)5-6-23-12/h1-7H,(H,17,19)(H,21,22)/b11-7-. The van der Waals surface area contributed by atoms with Crippen molar-refractivity contribution in [2.75, 3.05) is 5.01 Å². The molecule has 0 aliphatic carbocycles. The summed E-state index contributed by atoms with van der Waals surface area (Å²) < 4.78 is 1.00.